The molecule has 0 aromatic heterocycles. The van der Waals surface area contributed by atoms with E-state index in [2.05, 4.69) is 14.9 Å². The van der Waals surface area contributed by atoms with Crippen LogP contribution in [0.4, 0.5) is 0 Å². The number of hydrogen-bond donors (Lipinski definition) is 1. The molecule has 1 heterocycles. The molecule has 0 unspecified atom stereocenters. The van der Waals surface area contributed by atoms with E-state index in [0.29, 0.717) is 39.1 Å². The van der Waals surface area contributed by atoms with E-state index in [9.17, 15) is 5.11 Å². The van der Waals surface area contributed by atoms with Gasteiger partial charge in [-0.3, -0.25) is 0 Å². The van der Waals surface area contributed by atoms with Crippen molar-refractivity contribution in [1.29, 1.82) is 0 Å². The van der Waals surface area contributed by atoms with Crippen LogP contribution in [0, 0.1) is 0 Å². The smallest absolute Gasteiger partial charge is 0.0817 e. The largest absolute Gasteiger partial charge is 0.388 e. The third kappa shape index (κ3) is 4.81. The van der Waals surface area contributed by atoms with Gasteiger partial charge in [-0.2, -0.15) is 0 Å². The van der Waals surface area contributed by atoms with Gasteiger partial charge in [-0.1, -0.05) is 5.11 Å². The van der Waals surface area contributed by atoms with E-state index >= 15 is 0 Å². The van der Waals surface area contributed by atoms with Gasteiger partial charge < -0.3 is 14.7 Å². The summed E-state index contributed by atoms with van der Waals surface area (Å²) in [5, 5.41) is 13.7. The van der Waals surface area contributed by atoms with Crippen molar-refractivity contribution in [2.24, 2.45) is 5.11 Å². The molecule has 92 valence electrons. The fraction of sp³-hybridized carbons (Fsp3) is 1.00. The molecule has 0 spiro atoms. The number of azide groups is 1. The first-order chi connectivity index (χ1) is 7.66. The Morgan fingerprint density at radius 2 is 2.19 bits per heavy atom. The van der Waals surface area contributed by atoms with Gasteiger partial charge in [0.1, 0.15) is 0 Å². The molecule has 0 atom stereocenters. The number of aliphatic hydroxyl groups is 1. The second kappa shape index (κ2) is 6.70. The highest BCUT2D eigenvalue weighted by Crippen LogP contribution is 2.21. The number of likely N-dealkylation sites (N-methyl/N-ethyl adjacent to an activating group) is 1. The molecule has 1 aliphatic rings. The summed E-state index contributed by atoms with van der Waals surface area (Å²) >= 11 is 0. The molecule has 1 rings (SSSR count). The molecule has 0 aromatic rings. The molecule has 0 saturated carbocycles. The molecule has 1 aliphatic heterocycles. The van der Waals surface area contributed by atoms with Crippen molar-refractivity contribution in [3.8, 4) is 0 Å². The lowest BCUT2D eigenvalue weighted by molar-refractivity contribution is -0.0768. The van der Waals surface area contributed by atoms with Crippen molar-refractivity contribution in [3.05, 3.63) is 10.4 Å². The Bertz CT molecular complexity index is 247. The first-order valence-corrected chi connectivity index (χ1v) is 5.66. The molecular formula is C10H20N4O2. The van der Waals surface area contributed by atoms with Crippen molar-refractivity contribution in [2.75, 3.05) is 39.9 Å². The molecule has 16 heavy (non-hydrogen) atoms. The van der Waals surface area contributed by atoms with Crippen LogP contribution in [0.3, 0.4) is 0 Å². The summed E-state index contributed by atoms with van der Waals surface area (Å²) in [7, 11) is 1.98. The minimum absolute atomic E-state index is 0.516. The average Bonchev–Trinajstić information content (AvgIpc) is 2.25. The quantitative estimate of drug-likeness (QED) is 0.320. The van der Waals surface area contributed by atoms with E-state index in [-0.39, 0.29) is 0 Å². The van der Waals surface area contributed by atoms with Crippen molar-refractivity contribution in [1.82, 2.24) is 4.90 Å². The molecule has 0 aromatic carbocycles. The fourth-order valence-electron chi connectivity index (χ4n) is 1.95. The zero-order valence-corrected chi connectivity index (χ0v) is 9.80. The van der Waals surface area contributed by atoms with E-state index in [1.807, 2.05) is 7.05 Å². The molecule has 0 aliphatic carbocycles. The summed E-state index contributed by atoms with van der Waals surface area (Å²) < 4.78 is 5.23. The Hall–Kier alpha value is -0.810. The maximum atomic E-state index is 10.2. The zero-order chi connectivity index (χ0) is 11.9. The van der Waals surface area contributed by atoms with Gasteiger partial charge in [0.2, 0.25) is 0 Å². The summed E-state index contributed by atoms with van der Waals surface area (Å²) in [4.78, 5) is 4.78. The third-order valence-corrected chi connectivity index (χ3v) is 2.85. The molecule has 6 nitrogen and oxygen atoms in total. The van der Waals surface area contributed by atoms with E-state index in [4.69, 9.17) is 10.3 Å². The predicted molar refractivity (Wildman–Crippen MR) is 61.1 cm³/mol. The molecule has 1 saturated heterocycles. The van der Waals surface area contributed by atoms with E-state index in [1.54, 1.807) is 0 Å². The van der Waals surface area contributed by atoms with E-state index in [1.165, 1.54) is 0 Å². The number of hydrogen-bond acceptors (Lipinski definition) is 4. The van der Waals surface area contributed by atoms with Gasteiger partial charge in [-0.15, -0.1) is 0 Å². The summed E-state index contributed by atoms with van der Waals surface area (Å²) in [5.41, 5.74) is 7.52. The standard InChI is InChI=1S/C10H20N4O2/c1-14(6-2-5-12-13-11)9-10(15)3-7-16-8-4-10/h15H,2-9H2,1H3. The van der Waals surface area contributed by atoms with Crippen LogP contribution in [-0.4, -0.2) is 55.5 Å². The van der Waals surface area contributed by atoms with Gasteiger partial charge in [-0.05, 0) is 25.5 Å². The van der Waals surface area contributed by atoms with Gasteiger partial charge in [0, 0.05) is 44.1 Å². The van der Waals surface area contributed by atoms with Crippen LogP contribution in [0.5, 0.6) is 0 Å². The summed E-state index contributed by atoms with van der Waals surface area (Å²) in [6, 6.07) is 0. The van der Waals surface area contributed by atoms with Gasteiger partial charge in [0.05, 0.1) is 5.60 Å². The van der Waals surface area contributed by atoms with Gasteiger partial charge >= 0.3 is 0 Å². The highest BCUT2D eigenvalue weighted by molar-refractivity contribution is 4.83. The minimum Gasteiger partial charge on any atom is -0.388 e. The molecule has 0 bridgehead atoms. The van der Waals surface area contributed by atoms with Crippen LogP contribution in [0.15, 0.2) is 5.11 Å². The Labute approximate surface area is 95.8 Å². The lowest BCUT2D eigenvalue weighted by Gasteiger charge is -2.35. The van der Waals surface area contributed by atoms with Crippen LogP contribution in [0.25, 0.3) is 10.4 Å². The maximum absolute atomic E-state index is 10.2. The Morgan fingerprint density at radius 3 is 2.81 bits per heavy atom. The zero-order valence-electron chi connectivity index (χ0n) is 9.80. The molecular weight excluding hydrogens is 208 g/mol. The van der Waals surface area contributed by atoms with Crippen molar-refractivity contribution < 1.29 is 9.84 Å². The van der Waals surface area contributed by atoms with Gasteiger partial charge in [0.15, 0.2) is 0 Å². The van der Waals surface area contributed by atoms with Crippen LogP contribution < -0.4 is 0 Å². The highest BCUT2D eigenvalue weighted by Gasteiger charge is 2.30. The van der Waals surface area contributed by atoms with Crippen LogP contribution >= 0.6 is 0 Å². The monoisotopic (exact) mass is 228 g/mol. The minimum atomic E-state index is -0.606. The van der Waals surface area contributed by atoms with Crippen molar-refractivity contribution in [3.63, 3.8) is 0 Å². The normalized spacial score (nSPS) is 19.4. The highest BCUT2D eigenvalue weighted by atomic mass is 16.5. The molecule has 1 N–H and O–H groups in total. The number of rotatable bonds is 6. The Kier molecular flexibility index (Phi) is 5.55. The fourth-order valence-corrected chi connectivity index (χ4v) is 1.95. The van der Waals surface area contributed by atoms with E-state index in [0.717, 1.165) is 13.0 Å². The SMILES string of the molecule is CN(CCCN=[N+]=[N-])CC1(O)CCOCC1. The van der Waals surface area contributed by atoms with Crippen LogP contribution in [0.2, 0.25) is 0 Å². The lowest BCUT2D eigenvalue weighted by atomic mass is 9.94. The van der Waals surface area contributed by atoms with Crippen LogP contribution in [0.1, 0.15) is 19.3 Å². The molecule has 1 fully saturated rings. The maximum Gasteiger partial charge on any atom is 0.0817 e. The lowest BCUT2D eigenvalue weighted by Crippen LogP contribution is -2.45. The molecule has 0 radical (unpaired) electrons. The summed E-state index contributed by atoms with van der Waals surface area (Å²) in [6.45, 7) is 3.29. The van der Waals surface area contributed by atoms with E-state index < -0.39 is 5.60 Å². The number of nitrogens with zero attached hydrogens (tertiary/aromatic N) is 4. The van der Waals surface area contributed by atoms with Gasteiger partial charge in [-0.25, -0.2) is 0 Å². The van der Waals surface area contributed by atoms with Gasteiger partial charge in [0.25, 0.3) is 0 Å². The second-order valence-electron chi connectivity index (χ2n) is 4.38. The Morgan fingerprint density at radius 1 is 1.50 bits per heavy atom. The van der Waals surface area contributed by atoms with Crippen molar-refractivity contribution in [2.45, 2.75) is 24.9 Å². The van der Waals surface area contributed by atoms with Crippen LogP contribution in [-0.2, 0) is 4.74 Å². The molecule has 6 heteroatoms. The predicted octanol–water partition coefficient (Wildman–Crippen LogP) is 1.16. The topological polar surface area (TPSA) is 81.5 Å². The average molecular weight is 228 g/mol. The summed E-state index contributed by atoms with van der Waals surface area (Å²) in [6.07, 6.45) is 2.23. The number of ether oxygens (including phenoxy) is 1. The second-order valence-corrected chi connectivity index (χ2v) is 4.38. The molecule has 0 amide bonds. The Balaban J connectivity index is 2.21. The third-order valence-electron chi connectivity index (χ3n) is 2.85. The first kappa shape index (κ1) is 13.3. The first-order valence-electron chi connectivity index (χ1n) is 5.66. The van der Waals surface area contributed by atoms with Crippen molar-refractivity contribution >= 4 is 0 Å². The summed E-state index contributed by atoms with van der Waals surface area (Å²) in [5.74, 6) is 0.